The number of halogens is 1. The average Bonchev–Trinajstić information content (AvgIpc) is 2.86. The molecule has 3 unspecified atom stereocenters. The Morgan fingerprint density at radius 2 is 2.26 bits per heavy atom. The summed E-state index contributed by atoms with van der Waals surface area (Å²) in [5, 5.41) is 14.1. The van der Waals surface area contributed by atoms with Crippen LogP contribution in [0.4, 0.5) is 0 Å². The van der Waals surface area contributed by atoms with Crippen LogP contribution >= 0.6 is 11.6 Å². The first kappa shape index (κ1) is 14.8. The van der Waals surface area contributed by atoms with Gasteiger partial charge in [0.15, 0.2) is 0 Å². The predicted molar refractivity (Wildman–Crippen MR) is 77.4 cm³/mol. The normalized spacial score (nSPS) is 24.6. The molecular weight excluding hydrogens is 262 g/mol. The molecule has 1 saturated heterocycles. The number of ether oxygens (including phenoxy) is 1. The van der Waals surface area contributed by atoms with E-state index in [2.05, 4.69) is 12.2 Å². The quantitative estimate of drug-likeness (QED) is 0.843. The van der Waals surface area contributed by atoms with Crippen molar-refractivity contribution in [2.24, 2.45) is 5.92 Å². The smallest absolute Gasteiger partial charge is 0.0928 e. The van der Waals surface area contributed by atoms with E-state index in [0.29, 0.717) is 23.6 Å². The maximum atomic E-state index is 10.1. The van der Waals surface area contributed by atoms with Gasteiger partial charge >= 0.3 is 0 Å². The Kier molecular flexibility index (Phi) is 5.64. The molecule has 0 saturated carbocycles. The summed E-state index contributed by atoms with van der Waals surface area (Å²) >= 11 is 6.06. The van der Waals surface area contributed by atoms with E-state index in [9.17, 15) is 5.11 Å². The number of nitrogens with one attached hydrogen (secondary N) is 1. The molecule has 2 rings (SSSR count). The molecule has 0 bridgehead atoms. The number of aliphatic hydroxyl groups excluding tert-OH is 1. The largest absolute Gasteiger partial charge is 0.387 e. The van der Waals surface area contributed by atoms with Crippen LogP contribution in [0.15, 0.2) is 24.3 Å². The van der Waals surface area contributed by atoms with E-state index in [1.54, 1.807) is 6.07 Å². The first-order valence-corrected chi connectivity index (χ1v) is 7.35. The van der Waals surface area contributed by atoms with E-state index in [1.807, 2.05) is 18.2 Å². The summed E-state index contributed by atoms with van der Waals surface area (Å²) in [6, 6.07) is 7.43. The fraction of sp³-hybridized carbons (Fsp3) is 0.600. The molecule has 2 N–H and O–H groups in total. The zero-order valence-electron chi connectivity index (χ0n) is 11.3. The van der Waals surface area contributed by atoms with Crippen LogP contribution in [0.3, 0.4) is 0 Å². The van der Waals surface area contributed by atoms with Crippen molar-refractivity contribution in [3.63, 3.8) is 0 Å². The third-order valence-corrected chi connectivity index (χ3v) is 4.10. The highest BCUT2D eigenvalue weighted by Gasteiger charge is 2.26. The van der Waals surface area contributed by atoms with Crippen LogP contribution in [-0.4, -0.2) is 30.9 Å². The molecule has 3 atom stereocenters. The molecule has 1 aliphatic heterocycles. The van der Waals surface area contributed by atoms with Crippen LogP contribution in [0.2, 0.25) is 5.02 Å². The minimum Gasteiger partial charge on any atom is -0.387 e. The Balaban J connectivity index is 1.78. The van der Waals surface area contributed by atoms with Gasteiger partial charge in [-0.3, -0.25) is 0 Å². The minimum absolute atomic E-state index is 0.366. The van der Waals surface area contributed by atoms with Gasteiger partial charge in [0, 0.05) is 30.3 Å². The topological polar surface area (TPSA) is 41.5 Å². The Labute approximate surface area is 119 Å². The lowest BCUT2D eigenvalue weighted by Gasteiger charge is -2.19. The molecule has 0 aliphatic carbocycles. The standard InChI is InChI=1S/C15H22ClNO2/c1-2-15-11(7-8-19-15)9-17-10-14(18)12-5-3-4-6-13(12)16/h3-6,11,14-15,17-18H,2,7-10H2,1H3. The molecule has 19 heavy (non-hydrogen) atoms. The number of aliphatic hydroxyl groups is 1. The van der Waals surface area contributed by atoms with Crippen molar-refractivity contribution in [3.8, 4) is 0 Å². The van der Waals surface area contributed by atoms with Gasteiger partial charge in [0.2, 0.25) is 0 Å². The molecule has 1 aromatic carbocycles. The summed E-state index contributed by atoms with van der Waals surface area (Å²) in [6.07, 6.45) is 1.97. The Morgan fingerprint density at radius 1 is 1.47 bits per heavy atom. The van der Waals surface area contributed by atoms with Gasteiger partial charge in [-0.25, -0.2) is 0 Å². The van der Waals surface area contributed by atoms with E-state index in [1.165, 1.54) is 0 Å². The summed E-state index contributed by atoms with van der Waals surface area (Å²) in [6.45, 7) is 4.43. The Morgan fingerprint density at radius 3 is 3.00 bits per heavy atom. The highest BCUT2D eigenvalue weighted by Crippen LogP contribution is 2.24. The van der Waals surface area contributed by atoms with Crippen LogP contribution in [-0.2, 0) is 4.74 Å². The van der Waals surface area contributed by atoms with Gasteiger partial charge in [0.25, 0.3) is 0 Å². The molecule has 0 amide bonds. The Bertz CT molecular complexity index is 399. The van der Waals surface area contributed by atoms with Gasteiger partial charge in [0.1, 0.15) is 0 Å². The van der Waals surface area contributed by atoms with E-state index in [0.717, 1.165) is 31.6 Å². The zero-order valence-corrected chi connectivity index (χ0v) is 12.1. The second-order valence-electron chi connectivity index (χ2n) is 5.06. The van der Waals surface area contributed by atoms with Gasteiger partial charge < -0.3 is 15.2 Å². The maximum Gasteiger partial charge on any atom is 0.0928 e. The summed E-state index contributed by atoms with van der Waals surface area (Å²) in [5.41, 5.74) is 0.784. The lowest BCUT2D eigenvalue weighted by Crippen LogP contribution is -2.31. The lowest BCUT2D eigenvalue weighted by atomic mass is 9.99. The van der Waals surface area contributed by atoms with Crippen LogP contribution in [0, 0.1) is 5.92 Å². The summed E-state index contributed by atoms with van der Waals surface area (Å²) < 4.78 is 5.65. The molecule has 3 nitrogen and oxygen atoms in total. The van der Waals surface area contributed by atoms with Crippen molar-refractivity contribution in [1.82, 2.24) is 5.32 Å². The average molecular weight is 284 g/mol. The molecule has 1 fully saturated rings. The molecule has 1 aliphatic rings. The Hall–Kier alpha value is -0.610. The summed E-state index contributed by atoms with van der Waals surface area (Å²) in [4.78, 5) is 0. The fourth-order valence-corrected chi connectivity index (χ4v) is 2.90. The molecule has 4 heteroatoms. The molecule has 0 radical (unpaired) electrons. The van der Waals surface area contributed by atoms with Crippen LogP contribution in [0.25, 0.3) is 0 Å². The maximum absolute atomic E-state index is 10.1. The number of hydrogen-bond acceptors (Lipinski definition) is 3. The minimum atomic E-state index is -0.559. The third kappa shape index (κ3) is 3.93. The van der Waals surface area contributed by atoms with Gasteiger partial charge in [-0.05, 0) is 24.8 Å². The lowest BCUT2D eigenvalue weighted by molar-refractivity contribution is 0.0858. The van der Waals surface area contributed by atoms with Crippen molar-refractivity contribution in [1.29, 1.82) is 0 Å². The number of hydrogen-bond donors (Lipinski definition) is 2. The SMILES string of the molecule is CCC1OCCC1CNCC(O)c1ccccc1Cl. The third-order valence-electron chi connectivity index (χ3n) is 3.76. The highest BCUT2D eigenvalue weighted by molar-refractivity contribution is 6.31. The molecular formula is C15H22ClNO2. The summed E-state index contributed by atoms with van der Waals surface area (Å²) in [7, 11) is 0. The summed E-state index contributed by atoms with van der Waals surface area (Å²) in [5.74, 6) is 0.559. The second kappa shape index (κ2) is 7.25. The molecule has 106 valence electrons. The highest BCUT2D eigenvalue weighted by atomic mass is 35.5. The first-order valence-electron chi connectivity index (χ1n) is 6.97. The monoisotopic (exact) mass is 283 g/mol. The number of benzene rings is 1. The van der Waals surface area contributed by atoms with Gasteiger partial charge in [-0.15, -0.1) is 0 Å². The van der Waals surface area contributed by atoms with Crippen molar-refractivity contribution in [2.45, 2.75) is 32.0 Å². The molecule has 1 heterocycles. The van der Waals surface area contributed by atoms with Crippen LogP contribution < -0.4 is 5.32 Å². The second-order valence-corrected chi connectivity index (χ2v) is 5.47. The van der Waals surface area contributed by atoms with Crippen molar-refractivity contribution >= 4 is 11.6 Å². The van der Waals surface area contributed by atoms with Crippen molar-refractivity contribution < 1.29 is 9.84 Å². The van der Waals surface area contributed by atoms with Crippen molar-refractivity contribution in [3.05, 3.63) is 34.9 Å². The first-order chi connectivity index (χ1) is 9.22. The van der Waals surface area contributed by atoms with Gasteiger partial charge in [0.05, 0.1) is 12.2 Å². The van der Waals surface area contributed by atoms with E-state index >= 15 is 0 Å². The van der Waals surface area contributed by atoms with E-state index < -0.39 is 6.10 Å². The molecule has 0 spiro atoms. The van der Waals surface area contributed by atoms with Crippen molar-refractivity contribution in [2.75, 3.05) is 19.7 Å². The van der Waals surface area contributed by atoms with Crippen LogP contribution in [0.5, 0.6) is 0 Å². The zero-order chi connectivity index (χ0) is 13.7. The number of rotatable bonds is 6. The predicted octanol–water partition coefficient (Wildman–Crippen LogP) is 2.78. The van der Waals surface area contributed by atoms with Gasteiger partial charge in [-0.2, -0.15) is 0 Å². The van der Waals surface area contributed by atoms with Gasteiger partial charge in [-0.1, -0.05) is 36.7 Å². The van der Waals surface area contributed by atoms with E-state index in [4.69, 9.17) is 16.3 Å². The molecule has 1 aromatic rings. The van der Waals surface area contributed by atoms with E-state index in [-0.39, 0.29) is 0 Å². The fourth-order valence-electron chi connectivity index (χ4n) is 2.64. The molecule has 0 aromatic heterocycles. The van der Waals surface area contributed by atoms with Crippen LogP contribution in [0.1, 0.15) is 31.4 Å².